The van der Waals surface area contributed by atoms with Crippen molar-refractivity contribution in [2.75, 3.05) is 0 Å². The van der Waals surface area contributed by atoms with Crippen molar-refractivity contribution in [3.8, 4) is 5.75 Å². The number of aromatic nitrogens is 1. The Labute approximate surface area is 85.5 Å². The van der Waals surface area contributed by atoms with Crippen molar-refractivity contribution >= 4 is 6.29 Å². The maximum atomic E-state index is 12.3. The Balaban J connectivity index is 3.53. The first-order valence-electron chi connectivity index (χ1n) is 3.81. The summed E-state index contributed by atoms with van der Waals surface area (Å²) in [4.78, 5) is 13.1. The van der Waals surface area contributed by atoms with Crippen LogP contribution in [0.2, 0.25) is 0 Å². The van der Waals surface area contributed by atoms with Crippen LogP contribution in [0.3, 0.4) is 0 Å². The van der Waals surface area contributed by atoms with Crippen molar-refractivity contribution in [1.82, 2.24) is 4.98 Å². The monoisotopic (exact) mass is 241 g/mol. The summed E-state index contributed by atoms with van der Waals surface area (Å²) in [7, 11) is 0. The number of hydrogen-bond acceptors (Lipinski definition) is 3. The fourth-order valence-electron chi connectivity index (χ4n) is 1.06. The molecule has 0 saturated heterocycles. The van der Waals surface area contributed by atoms with Crippen LogP contribution in [0.1, 0.15) is 28.0 Å². The molecule has 0 fully saturated rings. The second kappa shape index (κ2) is 4.03. The molecule has 88 valence electrons. The number of nitrogens with zero attached hydrogens (tertiary/aromatic N) is 1. The number of aromatic hydroxyl groups is 1. The summed E-state index contributed by atoms with van der Waals surface area (Å²) in [5.41, 5.74) is -4.25. The molecule has 0 saturated carbocycles. The van der Waals surface area contributed by atoms with Gasteiger partial charge in [-0.1, -0.05) is 0 Å². The van der Waals surface area contributed by atoms with E-state index >= 15 is 0 Å². The third kappa shape index (κ3) is 2.10. The molecule has 1 heterocycles. The summed E-state index contributed by atoms with van der Waals surface area (Å²) >= 11 is 0. The molecule has 0 amide bonds. The first-order valence-corrected chi connectivity index (χ1v) is 3.81. The van der Waals surface area contributed by atoms with Crippen LogP contribution in [-0.4, -0.2) is 16.4 Å². The summed E-state index contributed by atoms with van der Waals surface area (Å²) in [5, 5.41) is 9.03. The molecule has 1 rings (SSSR count). The Kier molecular flexibility index (Phi) is 3.11. The Bertz CT molecular complexity index is 416. The van der Waals surface area contributed by atoms with Gasteiger partial charge in [0.1, 0.15) is 5.69 Å². The van der Waals surface area contributed by atoms with Crippen LogP contribution >= 0.6 is 0 Å². The summed E-state index contributed by atoms with van der Waals surface area (Å²) < 4.78 is 61.4. The minimum Gasteiger partial charge on any atom is -0.505 e. The molecular formula is C8H4F5NO2. The van der Waals surface area contributed by atoms with Gasteiger partial charge in [0.05, 0.1) is 11.1 Å². The summed E-state index contributed by atoms with van der Waals surface area (Å²) in [6.45, 7) is 0. The van der Waals surface area contributed by atoms with Gasteiger partial charge >= 0.3 is 6.18 Å². The molecule has 0 spiro atoms. The number of hydrogen-bond donors (Lipinski definition) is 1. The van der Waals surface area contributed by atoms with E-state index in [0.717, 1.165) is 0 Å². The molecule has 0 radical (unpaired) electrons. The molecule has 1 N–H and O–H groups in total. The molecule has 16 heavy (non-hydrogen) atoms. The lowest BCUT2D eigenvalue weighted by molar-refractivity contribution is -0.140. The van der Waals surface area contributed by atoms with E-state index in [9.17, 15) is 26.7 Å². The van der Waals surface area contributed by atoms with Gasteiger partial charge in [-0.3, -0.25) is 4.79 Å². The van der Waals surface area contributed by atoms with E-state index in [1.54, 1.807) is 0 Å². The van der Waals surface area contributed by atoms with Crippen molar-refractivity contribution in [3.63, 3.8) is 0 Å². The number of rotatable bonds is 2. The summed E-state index contributed by atoms with van der Waals surface area (Å²) in [5.74, 6) is -1.44. The topological polar surface area (TPSA) is 50.2 Å². The number of aldehydes is 1. The lowest BCUT2D eigenvalue weighted by atomic mass is 10.1. The van der Waals surface area contributed by atoms with Gasteiger partial charge in [0.15, 0.2) is 12.0 Å². The van der Waals surface area contributed by atoms with Crippen LogP contribution in [-0.2, 0) is 6.18 Å². The van der Waals surface area contributed by atoms with Gasteiger partial charge in [0.2, 0.25) is 0 Å². The average Bonchev–Trinajstić information content (AvgIpc) is 2.15. The van der Waals surface area contributed by atoms with Crippen LogP contribution in [0.25, 0.3) is 0 Å². The smallest absolute Gasteiger partial charge is 0.418 e. The molecule has 0 atom stereocenters. The zero-order valence-corrected chi connectivity index (χ0v) is 7.42. The van der Waals surface area contributed by atoms with Crippen LogP contribution < -0.4 is 0 Å². The molecule has 0 aromatic carbocycles. The number of alkyl halides is 5. The first kappa shape index (κ1) is 12.3. The van der Waals surface area contributed by atoms with Crippen molar-refractivity contribution in [1.29, 1.82) is 0 Å². The largest absolute Gasteiger partial charge is 0.505 e. The lowest BCUT2D eigenvalue weighted by Crippen LogP contribution is -2.11. The Morgan fingerprint density at radius 3 is 2.31 bits per heavy atom. The highest BCUT2D eigenvalue weighted by Crippen LogP contribution is 2.40. The zero-order valence-electron chi connectivity index (χ0n) is 7.42. The van der Waals surface area contributed by atoms with Crippen molar-refractivity contribution in [2.45, 2.75) is 12.6 Å². The van der Waals surface area contributed by atoms with Crippen LogP contribution in [0.15, 0.2) is 6.20 Å². The molecular weight excluding hydrogens is 237 g/mol. The molecule has 8 heteroatoms. The maximum Gasteiger partial charge on any atom is 0.418 e. The van der Waals surface area contributed by atoms with Crippen molar-refractivity contribution < 1.29 is 31.9 Å². The highest BCUT2D eigenvalue weighted by molar-refractivity contribution is 5.77. The quantitative estimate of drug-likeness (QED) is 0.639. The van der Waals surface area contributed by atoms with Gasteiger partial charge < -0.3 is 5.11 Å². The molecule has 0 aliphatic heterocycles. The fourth-order valence-corrected chi connectivity index (χ4v) is 1.06. The van der Waals surface area contributed by atoms with Crippen LogP contribution in [0.5, 0.6) is 5.75 Å². The third-order valence-electron chi connectivity index (χ3n) is 1.76. The van der Waals surface area contributed by atoms with Gasteiger partial charge in [-0.05, 0) is 0 Å². The van der Waals surface area contributed by atoms with E-state index < -0.39 is 35.2 Å². The van der Waals surface area contributed by atoms with Gasteiger partial charge in [-0.15, -0.1) is 0 Å². The van der Waals surface area contributed by atoms with Gasteiger partial charge in [0, 0.05) is 6.20 Å². The summed E-state index contributed by atoms with van der Waals surface area (Å²) in [6.07, 6.45) is -8.65. The number of pyridine rings is 1. The van der Waals surface area contributed by atoms with Crippen molar-refractivity contribution in [3.05, 3.63) is 23.0 Å². The van der Waals surface area contributed by atoms with E-state index in [1.807, 2.05) is 0 Å². The van der Waals surface area contributed by atoms with Gasteiger partial charge in [-0.25, -0.2) is 13.8 Å². The fraction of sp³-hybridized carbons (Fsp3) is 0.250. The minimum absolute atomic E-state index is 0.0882. The standard InChI is InChI=1S/C8H4F5NO2/c9-7(10)5-3(8(11,12)13)1-14-4(2-15)6(5)16/h1-2,7,16H. The van der Waals surface area contributed by atoms with E-state index in [4.69, 9.17) is 5.11 Å². The normalized spacial score (nSPS) is 11.9. The zero-order chi connectivity index (χ0) is 12.5. The summed E-state index contributed by atoms with van der Waals surface area (Å²) in [6, 6.07) is 0. The predicted molar refractivity (Wildman–Crippen MR) is 41.2 cm³/mol. The number of carbonyl (C=O) groups is 1. The second-order valence-corrected chi connectivity index (χ2v) is 2.74. The maximum absolute atomic E-state index is 12.3. The number of carbonyl (C=O) groups excluding carboxylic acids is 1. The SMILES string of the molecule is O=Cc1ncc(C(F)(F)F)c(C(F)F)c1O. The Morgan fingerprint density at radius 1 is 1.38 bits per heavy atom. The molecule has 1 aromatic heterocycles. The molecule has 0 unspecified atom stereocenters. The molecule has 0 aliphatic rings. The molecule has 0 aliphatic carbocycles. The van der Waals surface area contributed by atoms with Crippen LogP contribution in [0.4, 0.5) is 22.0 Å². The highest BCUT2D eigenvalue weighted by atomic mass is 19.4. The Morgan fingerprint density at radius 2 is 1.94 bits per heavy atom. The minimum atomic E-state index is -5.07. The van der Waals surface area contributed by atoms with E-state index in [0.29, 0.717) is 0 Å². The first-order chi connectivity index (χ1) is 7.29. The molecule has 0 bridgehead atoms. The lowest BCUT2D eigenvalue weighted by Gasteiger charge is -2.13. The predicted octanol–water partition coefficient (Wildman–Crippen LogP) is 2.56. The van der Waals surface area contributed by atoms with Crippen molar-refractivity contribution in [2.24, 2.45) is 0 Å². The molecule has 3 nitrogen and oxygen atoms in total. The van der Waals surface area contributed by atoms with Gasteiger partial charge in [0.25, 0.3) is 6.43 Å². The third-order valence-corrected chi connectivity index (χ3v) is 1.76. The van der Waals surface area contributed by atoms with E-state index in [1.165, 1.54) is 0 Å². The van der Waals surface area contributed by atoms with E-state index in [-0.39, 0.29) is 12.5 Å². The average molecular weight is 241 g/mol. The highest BCUT2D eigenvalue weighted by Gasteiger charge is 2.38. The number of halogens is 5. The second-order valence-electron chi connectivity index (χ2n) is 2.74. The Hall–Kier alpha value is -1.73. The van der Waals surface area contributed by atoms with Crippen LogP contribution in [0, 0.1) is 0 Å². The molecule has 1 aromatic rings. The van der Waals surface area contributed by atoms with Gasteiger partial charge in [-0.2, -0.15) is 13.2 Å². The van der Waals surface area contributed by atoms with E-state index in [2.05, 4.69) is 4.98 Å².